The Morgan fingerprint density at radius 2 is 1.89 bits per heavy atom. The van der Waals surface area contributed by atoms with E-state index in [9.17, 15) is 12.3 Å². The third-order valence-corrected chi connectivity index (χ3v) is 1.58. The van der Waals surface area contributed by atoms with Crippen molar-refractivity contribution in [2.45, 2.75) is 26.4 Å². The fraction of sp³-hybridized carbons (Fsp3) is 1.00. The highest BCUT2D eigenvalue weighted by atomic mass is 28.5. The van der Waals surface area contributed by atoms with E-state index in [0.29, 0.717) is 6.42 Å². The molecule has 0 fully saturated rings. The van der Waals surface area contributed by atoms with Crippen molar-refractivity contribution in [3.63, 3.8) is 0 Å². The van der Waals surface area contributed by atoms with Crippen LogP contribution in [0.3, 0.4) is 0 Å². The molecule has 0 radical (unpaired) electrons. The third-order valence-electron chi connectivity index (χ3n) is 0.910. The average Bonchev–Trinajstić information content (AvgIpc) is 1.62. The fourth-order valence-electron chi connectivity index (χ4n) is 0.311. The van der Waals surface area contributed by atoms with E-state index in [1.807, 2.05) is 0 Å². The van der Waals surface area contributed by atoms with Crippen molar-refractivity contribution < 1.29 is 16.7 Å². The highest BCUT2D eigenvalue weighted by Gasteiger charge is 2.42. The monoisotopic (exact) mass is 158 g/mol. The van der Waals surface area contributed by atoms with Crippen molar-refractivity contribution in [3.8, 4) is 0 Å². The van der Waals surface area contributed by atoms with Gasteiger partial charge < -0.3 is 4.43 Å². The smallest absolute Gasteiger partial charge is 0.339 e. The summed E-state index contributed by atoms with van der Waals surface area (Å²) in [6.07, 6.45) is -0.261. The maximum atomic E-state index is 11.4. The number of hydrogen-bond acceptors (Lipinski definition) is 1. The molecule has 0 aromatic carbocycles. The minimum absolute atomic E-state index is 0.409. The van der Waals surface area contributed by atoms with Gasteiger partial charge in [-0.05, 0) is 13.3 Å². The van der Waals surface area contributed by atoms with E-state index >= 15 is 0 Å². The van der Waals surface area contributed by atoms with Crippen LogP contribution in [0.2, 0.25) is 0 Å². The summed E-state index contributed by atoms with van der Waals surface area (Å²) in [6.45, 7) is 3.07. The molecule has 0 aliphatic carbocycles. The molecule has 0 aliphatic rings. The van der Waals surface area contributed by atoms with Crippen molar-refractivity contribution in [3.05, 3.63) is 0 Å². The van der Waals surface area contributed by atoms with E-state index < -0.39 is 15.4 Å². The van der Waals surface area contributed by atoms with E-state index in [1.54, 1.807) is 6.92 Å². The number of rotatable bonds is 3. The Labute approximate surface area is 53.5 Å². The van der Waals surface area contributed by atoms with Crippen molar-refractivity contribution in [1.82, 2.24) is 0 Å². The van der Waals surface area contributed by atoms with Gasteiger partial charge in [0.25, 0.3) is 0 Å². The minimum Gasteiger partial charge on any atom is -0.339 e. The van der Waals surface area contributed by atoms with Crippen LogP contribution < -0.4 is 0 Å². The van der Waals surface area contributed by atoms with Gasteiger partial charge in [-0.1, -0.05) is 6.92 Å². The van der Waals surface area contributed by atoms with E-state index in [4.69, 9.17) is 0 Å². The normalized spacial score (nSPS) is 15.7. The maximum absolute atomic E-state index is 11.4. The molecule has 0 aromatic heterocycles. The number of halogens is 3. The molecular formula is C4H9F3OSi. The molecule has 0 bridgehead atoms. The first-order valence-electron chi connectivity index (χ1n) is 2.70. The van der Waals surface area contributed by atoms with Crippen LogP contribution in [0.4, 0.5) is 12.3 Å². The van der Waals surface area contributed by atoms with Crippen LogP contribution in [0.15, 0.2) is 0 Å². The Bertz CT molecular complexity index is 82.4. The molecule has 5 heteroatoms. The van der Waals surface area contributed by atoms with Crippen molar-refractivity contribution in [1.29, 1.82) is 0 Å². The first-order valence-corrected chi connectivity index (χ1v) is 4.24. The summed E-state index contributed by atoms with van der Waals surface area (Å²) in [5, 5.41) is 0. The van der Waals surface area contributed by atoms with Gasteiger partial charge in [-0.25, -0.2) is 12.3 Å². The lowest BCUT2D eigenvalue weighted by molar-refractivity contribution is 0.115. The van der Waals surface area contributed by atoms with Gasteiger partial charge >= 0.3 is 9.32 Å². The van der Waals surface area contributed by atoms with Gasteiger partial charge in [-0.3, -0.25) is 0 Å². The molecule has 1 unspecified atom stereocenters. The fourth-order valence-corrected chi connectivity index (χ4v) is 0.934. The van der Waals surface area contributed by atoms with Crippen LogP contribution in [0.25, 0.3) is 0 Å². The quantitative estimate of drug-likeness (QED) is 0.451. The Hall–Kier alpha value is -0.0331. The van der Waals surface area contributed by atoms with Gasteiger partial charge in [0.05, 0.1) is 0 Å². The van der Waals surface area contributed by atoms with Gasteiger partial charge in [0, 0.05) is 6.10 Å². The first-order chi connectivity index (χ1) is 3.95. The van der Waals surface area contributed by atoms with Crippen molar-refractivity contribution in [2.75, 3.05) is 0 Å². The maximum Gasteiger partial charge on any atom is 0.802 e. The lowest BCUT2D eigenvalue weighted by Crippen LogP contribution is -2.26. The van der Waals surface area contributed by atoms with E-state index in [1.165, 1.54) is 6.92 Å². The predicted molar refractivity (Wildman–Crippen MR) is 29.9 cm³/mol. The molecule has 0 amide bonds. The average molecular weight is 158 g/mol. The predicted octanol–water partition coefficient (Wildman–Crippen LogP) is 2.15. The molecule has 0 aliphatic heterocycles. The Balaban J connectivity index is 3.47. The summed E-state index contributed by atoms with van der Waals surface area (Å²) >= 11 is 0. The molecule has 9 heavy (non-hydrogen) atoms. The second-order valence-corrected chi connectivity index (χ2v) is 2.91. The second-order valence-electron chi connectivity index (χ2n) is 1.78. The first kappa shape index (κ1) is 8.97. The van der Waals surface area contributed by atoms with Gasteiger partial charge in [0.2, 0.25) is 0 Å². The lowest BCUT2D eigenvalue weighted by atomic mass is 10.3. The largest absolute Gasteiger partial charge is 0.802 e. The van der Waals surface area contributed by atoms with Gasteiger partial charge in [0.15, 0.2) is 0 Å². The summed E-state index contributed by atoms with van der Waals surface area (Å²) < 4.78 is 38.0. The third kappa shape index (κ3) is 5.84. The molecule has 1 atom stereocenters. The zero-order chi connectivity index (χ0) is 7.49. The molecule has 0 N–H and O–H groups in total. The second kappa shape index (κ2) is 3.22. The molecule has 56 valence electrons. The molecule has 0 heterocycles. The van der Waals surface area contributed by atoms with E-state index in [-0.39, 0.29) is 0 Å². The standard InChI is InChI=1S/C4H9F3OSi/c1-3-4(2)8-9(5,6)7/h4H,3H2,1-2H3. The summed E-state index contributed by atoms with van der Waals surface area (Å²) in [5.41, 5.74) is 0. The SMILES string of the molecule is CCC(C)O[Si](F)(F)F. The summed E-state index contributed by atoms with van der Waals surface area (Å²) in [6, 6.07) is 0. The summed E-state index contributed by atoms with van der Waals surface area (Å²) in [4.78, 5) is 0. The topological polar surface area (TPSA) is 9.23 Å². The van der Waals surface area contributed by atoms with Gasteiger partial charge in [-0.15, -0.1) is 0 Å². The van der Waals surface area contributed by atoms with E-state index in [0.717, 1.165) is 0 Å². The number of hydrogen-bond donors (Lipinski definition) is 0. The van der Waals surface area contributed by atoms with Crippen LogP contribution >= 0.6 is 0 Å². The Morgan fingerprint density at radius 1 is 1.44 bits per heavy atom. The lowest BCUT2D eigenvalue weighted by Gasteiger charge is -2.09. The Morgan fingerprint density at radius 3 is 2.00 bits per heavy atom. The molecule has 0 saturated carbocycles. The molecule has 0 saturated heterocycles. The van der Waals surface area contributed by atoms with Crippen molar-refractivity contribution >= 4 is 9.32 Å². The van der Waals surface area contributed by atoms with Gasteiger partial charge in [-0.2, -0.15) is 0 Å². The summed E-state index contributed by atoms with van der Waals surface area (Å²) in [5.74, 6) is 0. The minimum atomic E-state index is -5.74. The van der Waals surface area contributed by atoms with Crippen molar-refractivity contribution in [2.24, 2.45) is 0 Å². The van der Waals surface area contributed by atoms with Gasteiger partial charge in [0.1, 0.15) is 0 Å². The van der Waals surface area contributed by atoms with Crippen LogP contribution in [-0.2, 0) is 4.43 Å². The van der Waals surface area contributed by atoms with Crippen LogP contribution in [0.5, 0.6) is 0 Å². The zero-order valence-corrected chi connectivity index (χ0v) is 6.33. The van der Waals surface area contributed by atoms with Crippen LogP contribution in [0, 0.1) is 0 Å². The molecule has 0 rings (SSSR count). The summed E-state index contributed by atoms with van der Waals surface area (Å²) in [7, 11) is -5.74. The molecular weight excluding hydrogens is 149 g/mol. The van der Waals surface area contributed by atoms with Crippen LogP contribution in [0.1, 0.15) is 20.3 Å². The highest BCUT2D eigenvalue weighted by Crippen LogP contribution is 2.13. The molecule has 0 aromatic rings. The van der Waals surface area contributed by atoms with E-state index in [2.05, 4.69) is 4.43 Å². The molecule has 1 nitrogen and oxygen atoms in total. The highest BCUT2D eigenvalue weighted by molar-refractivity contribution is 6.51. The molecule has 0 spiro atoms. The zero-order valence-electron chi connectivity index (χ0n) is 5.33. The van der Waals surface area contributed by atoms with Crippen LogP contribution in [-0.4, -0.2) is 15.4 Å². The Kier molecular flexibility index (Phi) is 3.20.